The van der Waals surface area contributed by atoms with Gasteiger partial charge in [-0.2, -0.15) is 13.2 Å². The van der Waals surface area contributed by atoms with Crippen LogP contribution in [-0.2, 0) is 23.2 Å². The van der Waals surface area contributed by atoms with Crippen molar-refractivity contribution in [2.45, 2.75) is 43.0 Å². The third-order valence-electron chi connectivity index (χ3n) is 6.66. The molecule has 3 aliphatic rings. The summed E-state index contributed by atoms with van der Waals surface area (Å²) in [5, 5.41) is 0. The summed E-state index contributed by atoms with van der Waals surface area (Å²) in [6.45, 7) is -1.43. The second-order valence-corrected chi connectivity index (χ2v) is 8.47. The van der Waals surface area contributed by atoms with Gasteiger partial charge in [-0.05, 0) is 55.0 Å². The van der Waals surface area contributed by atoms with Crippen LogP contribution in [0.3, 0.4) is 0 Å². The highest BCUT2D eigenvalue weighted by molar-refractivity contribution is 6.08. The van der Waals surface area contributed by atoms with E-state index in [0.717, 1.165) is 0 Å². The number of rotatable bonds is 2. The highest BCUT2D eigenvalue weighted by Crippen LogP contribution is 2.58. The van der Waals surface area contributed by atoms with Gasteiger partial charge in [0.1, 0.15) is 17.1 Å². The predicted octanol–water partition coefficient (Wildman–Crippen LogP) is 3.32. The van der Waals surface area contributed by atoms with E-state index in [-0.39, 0.29) is 17.6 Å². The molecular formula is C23H22F3N3O3. The van der Waals surface area contributed by atoms with Crippen LogP contribution in [0.5, 0.6) is 11.5 Å². The zero-order valence-electron chi connectivity index (χ0n) is 17.4. The minimum atomic E-state index is -4.48. The zero-order chi connectivity index (χ0) is 22.7. The van der Waals surface area contributed by atoms with Gasteiger partial charge in [-0.15, -0.1) is 0 Å². The number of amides is 1. The van der Waals surface area contributed by atoms with Crippen LogP contribution in [0.2, 0.25) is 0 Å². The molecule has 5 rings (SSSR count). The Kier molecular flexibility index (Phi) is 4.44. The summed E-state index contributed by atoms with van der Waals surface area (Å²) in [7, 11) is 1.54. The minimum Gasteiger partial charge on any atom is -0.484 e. The van der Waals surface area contributed by atoms with Crippen molar-refractivity contribution in [3.8, 4) is 11.5 Å². The van der Waals surface area contributed by atoms with Crippen LogP contribution in [-0.4, -0.2) is 42.2 Å². The number of hydrogen-bond donors (Lipinski definition) is 1. The SMILES string of the molecule is CN1C(=O)C2(N=C1N)c1cc(OCC(F)(F)F)ccc1OC21CCc2ccccc2CC1. The van der Waals surface area contributed by atoms with E-state index in [1.54, 1.807) is 6.07 Å². The van der Waals surface area contributed by atoms with E-state index in [1.807, 2.05) is 12.1 Å². The fraction of sp³-hybridized carbons (Fsp3) is 0.391. The second kappa shape index (κ2) is 6.88. The van der Waals surface area contributed by atoms with Gasteiger partial charge in [0.05, 0.1) is 0 Å². The van der Waals surface area contributed by atoms with Crippen LogP contribution >= 0.6 is 0 Å². The number of nitrogens with two attached hydrogens (primary N) is 1. The number of carbonyl (C=O) groups is 1. The number of ether oxygens (including phenoxy) is 2. The number of carbonyl (C=O) groups excluding carboxylic acids is 1. The molecule has 1 amide bonds. The Morgan fingerprint density at radius 3 is 2.38 bits per heavy atom. The molecule has 0 radical (unpaired) electrons. The molecule has 2 heterocycles. The number of likely N-dealkylation sites (N-methyl/N-ethyl adjacent to an activating group) is 1. The van der Waals surface area contributed by atoms with E-state index in [9.17, 15) is 18.0 Å². The predicted molar refractivity (Wildman–Crippen MR) is 111 cm³/mol. The van der Waals surface area contributed by atoms with E-state index >= 15 is 0 Å². The molecule has 0 fully saturated rings. The van der Waals surface area contributed by atoms with Crippen LogP contribution in [0.1, 0.15) is 29.5 Å². The largest absolute Gasteiger partial charge is 0.484 e. The summed E-state index contributed by atoms with van der Waals surface area (Å²) in [6, 6.07) is 12.5. The summed E-state index contributed by atoms with van der Waals surface area (Å²) in [5.74, 6) is 0.103. The Morgan fingerprint density at radius 1 is 1.16 bits per heavy atom. The molecule has 32 heavy (non-hydrogen) atoms. The number of hydrogen-bond acceptors (Lipinski definition) is 5. The molecule has 2 aliphatic heterocycles. The first-order chi connectivity index (χ1) is 15.2. The summed E-state index contributed by atoms with van der Waals surface area (Å²) in [4.78, 5) is 19.5. The molecule has 2 aromatic rings. The third-order valence-corrected chi connectivity index (χ3v) is 6.66. The summed E-state index contributed by atoms with van der Waals surface area (Å²) in [6.07, 6.45) is -2.11. The number of benzene rings is 2. The lowest BCUT2D eigenvalue weighted by Crippen LogP contribution is -2.56. The number of halogens is 3. The van der Waals surface area contributed by atoms with Crippen molar-refractivity contribution in [1.29, 1.82) is 0 Å². The number of nitrogens with zero attached hydrogens (tertiary/aromatic N) is 2. The Balaban J connectivity index is 1.61. The van der Waals surface area contributed by atoms with E-state index < -0.39 is 23.9 Å². The van der Waals surface area contributed by atoms with E-state index in [4.69, 9.17) is 15.2 Å². The Bertz CT molecular complexity index is 1100. The molecule has 0 aromatic heterocycles. The lowest BCUT2D eigenvalue weighted by atomic mass is 9.72. The fourth-order valence-corrected chi connectivity index (χ4v) is 5.09. The molecule has 0 saturated heterocycles. The van der Waals surface area contributed by atoms with Gasteiger partial charge in [-0.1, -0.05) is 24.3 Å². The molecule has 1 aliphatic carbocycles. The van der Waals surface area contributed by atoms with Crippen LogP contribution < -0.4 is 15.2 Å². The molecule has 0 saturated carbocycles. The normalized spacial score (nSPS) is 23.6. The molecular weight excluding hydrogens is 423 g/mol. The van der Waals surface area contributed by atoms with Gasteiger partial charge >= 0.3 is 6.18 Å². The number of fused-ring (bicyclic) bond motifs is 4. The van der Waals surface area contributed by atoms with Crippen LogP contribution in [0.4, 0.5) is 13.2 Å². The number of alkyl halides is 3. The average molecular weight is 445 g/mol. The van der Waals surface area contributed by atoms with Gasteiger partial charge in [0, 0.05) is 12.6 Å². The van der Waals surface area contributed by atoms with Crippen molar-refractivity contribution in [3.63, 3.8) is 0 Å². The molecule has 6 nitrogen and oxygen atoms in total. The van der Waals surface area contributed by atoms with Gasteiger partial charge in [0.2, 0.25) is 5.54 Å². The lowest BCUT2D eigenvalue weighted by Gasteiger charge is -2.38. The molecule has 2 spiro atoms. The van der Waals surface area contributed by atoms with Crippen molar-refractivity contribution >= 4 is 11.9 Å². The quantitative estimate of drug-likeness (QED) is 0.770. The topological polar surface area (TPSA) is 77.2 Å². The summed E-state index contributed by atoms with van der Waals surface area (Å²) in [5.41, 5.74) is 6.34. The monoisotopic (exact) mass is 445 g/mol. The van der Waals surface area contributed by atoms with Gasteiger partial charge < -0.3 is 15.2 Å². The third kappa shape index (κ3) is 2.94. The van der Waals surface area contributed by atoms with Crippen LogP contribution in [0.25, 0.3) is 0 Å². The maximum absolute atomic E-state index is 13.6. The van der Waals surface area contributed by atoms with Crippen molar-refractivity contribution < 1.29 is 27.4 Å². The molecule has 1 unspecified atom stereocenters. The molecule has 2 N–H and O–H groups in total. The maximum atomic E-state index is 13.6. The van der Waals surface area contributed by atoms with Gasteiger partial charge in [-0.3, -0.25) is 9.69 Å². The molecule has 9 heteroatoms. The first-order valence-electron chi connectivity index (χ1n) is 10.4. The maximum Gasteiger partial charge on any atom is 0.422 e. The van der Waals surface area contributed by atoms with Crippen molar-refractivity contribution in [3.05, 3.63) is 59.2 Å². The molecule has 168 valence electrons. The van der Waals surface area contributed by atoms with Crippen LogP contribution in [0, 0.1) is 0 Å². The first kappa shape index (κ1) is 20.7. The van der Waals surface area contributed by atoms with Gasteiger partial charge in [-0.25, -0.2) is 4.99 Å². The highest BCUT2D eigenvalue weighted by Gasteiger charge is 2.68. The average Bonchev–Trinajstić information content (AvgIpc) is 3.05. The fourth-order valence-electron chi connectivity index (χ4n) is 5.09. The number of aryl methyl sites for hydroxylation is 2. The first-order valence-corrected chi connectivity index (χ1v) is 10.4. The standard InChI is InChI=1S/C23H22F3N3O3/c1-29-19(30)23(28-20(29)27)17-12-16(31-13-22(24,25)26)6-7-18(17)32-21(23)10-8-14-4-2-3-5-15(14)9-11-21/h2-7,12H,8-11,13H2,1H3,(H2,27,28). The van der Waals surface area contributed by atoms with Crippen LogP contribution in [0.15, 0.2) is 47.5 Å². The van der Waals surface area contributed by atoms with E-state index in [2.05, 4.69) is 17.1 Å². The Morgan fingerprint density at radius 2 is 1.81 bits per heavy atom. The highest BCUT2D eigenvalue weighted by atomic mass is 19.4. The Hall–Kier alpha value is -3.23. The van der Waals surface area contributed by atoms with E-state index in [0.29, 0.717) is 37.0 Å². The van der Waals surface area contributed by atoms with Gasteiger partial charge in [0.15, 0.2) is 12.6 Å². The zero-order valence-corrected chi connectivity index (χ0v) is 17.4. The number of guanidine groups is 1. The van der Waals surface area contributed by atoms with Crippen molar-refractivity contribution in [2.75, 3.05) is 13.7 Å². The summed E-state index contributed by atoms with van der Waals surface area (Å²) >= 11 is 0. The van der Waals surface area contributed by atoms with Crippen molar-refractivity contribution in [1.82, 2.24) is 4.90 Å². The van der Waals surface area contributed by atoms with Gasteiger partial charge in [0.25, 0.3) is 5.91 Å². The van der Waals surface area contributed by atoms with Crippen molar-refractivity contribution in [2.24, 2.45) is 10.7 Å². The molecule has 1 atom stereocenters. The smallest absolute Gasteiger partial charge is 0.422 e. The lowest BCUT2D eigenvalue weighted by molar-refractivity contribution is -0.153. The van der Waals surface area contributed by atoms with E-state index in [1.165, 1.54) is 35.2 Å². The molecule has 0 bridgehead atoms. The summed E-state index contributed by atoms with van der Waals surface area (Å²) < 4.78 is 49.5. The molecule has 2 aromatic carbocycles. The Labute approximate surface area is 182 Å². The number of aliphatic imine (C=N–C) groups is 1. The minimum absolute atomic E-state index is 0.00543. The second-order valence-electron chi connectivity index (χ2n) is 8.47.